The van der Waals surface area contributed by atoms with Gasteiger partial charge in [0.15, 0.2) is 17.6 Å². The van der Waals surface area contributed by atoms with E-state index in [0.29, 0.717) is 17.2 Å². The van der Waals surface area contributed by atoms with Gasteiger partial charge in [-0.05, 0) is 19.1 Å². The molecule has 98 valence electrons. The molecule has 1 unspecified atom stereocenters. The highest BCUT2D eigenvalue weighted by atomic mass is 16.5. The van der Waals surface area contributed by atoms with Crippen LogP contribution in [0.5, 0.6) is 11.5 Å². The quantitative estimate of drug-likeness (QED) is 0.664. The summed E-state index contributed by atoms with van der Waals surface area (Å²) in [6, 6.07) is 3.84. The van der Waals surface area contributed by atoms with Gasteiger partial charge < -0.3 is 20.9 Å². The zero-order valence-electron chi connectivity index (χ0n) is 10.1. The second-order valence-corrected chi connectivity index (χ2v) is 3.52. The maximum Gasteiger partial charge on any atom is 0.318 e. The highest BCUT2D eigenvalue weighted by Gasteiger charge is 2.18. The summed E-state index contributed by atoms with van der Waals surface area (Å²) in [7, 11) is 1.46. The van der Waals surface area contributed by atoms with E-state index in [-0.39, 0.29) is 0 Å². The molecule has 0 aliphatic rings. The van der Waals surface area contributed by atoms with E-state index in [9.17, 15) is 9.59 Å². The Morgan fingerprint density at radius 2 is 2.00 bits per heavy atom. The number of amides is 3. The molecule has 1 atom stereocenters. The molecule has 0 aliphatic carbocycles. The maximum absolute atomic E-state index is 11.4. The van der Waals surface area contributed by atoms with E-state index in [1.54, 1.807) is 12.1 Å². The van der Waals surface area contributed by atoms with Crippen LogP contribution in [0.1, 0.15) is 6.92 Å². The molecule has 0 aromatic heterocycles. The summed E-state index contributed by atoms with van der Waals surface area (Å²) in [5.41, 5.74) is 10.9. The van der Waals surface area contributed by atoms with Crippen LogP contribution in [-0.2, 0) is 4.79 Å². The lowest BCUT2D eigenvalue weighted by molar-refractivity contribution is -0.126. The van der Waals surface area contributed by atoms with Crippen molar-refractivity contribution in [2.75, 3.05) is 12.8 Å². The molecular formula is C11H15N3O4. The molecule has 0 saturated carbocycles. The predicted molar refractivity (Wildman–Crippen MR) is 65.2 cm³/mol. The fraction of sp³-hybridized carbons (Fsp3) is 0.273. The van der Waals surface area contributed by atoms with Crippen molar-refractivity contribution >= 4 is 17.6 Å². The number of imide groups is 1. The number of urea groups is 1. The van der Waals surface area contributed by atoms with Gasteiger partial charge in [-0.1, -0.05) is 0 Å². The van der Waals surface area contributed by atoms with Gasteiger partial charge in [0.1, 0.15) is 0 Å². The van der Waals surface area contributed by atoms with Crippen LogP contribution in [0.4, 0.5) is 10.5 Å². The molecule has 0 spiro atoms. The third kappa shape index (κ3) is 3.55. The van der Waals surface area contributed by atoms with Crippen molar-refractivity contribution in [3.63, 3.8) is 0 Å². The smallest absolute Gasteiger partial charge is 0.318 e. The van der Waals surface area contributed by atoms with Crippen molar-refractivity contribution in [1.82, 2.24) is 5.32 Å². The number of nitrogen functional groups attached to an aromatic ring is 1. The first-order valence-corrected chi connectivity index (χ1v) is 5.14. The minimum absolute atomic E-state index is 0.310. The summed E-state index contributed by atoms with van der Waals surface area (Å²) < 4.78 is 10.4. The number of rotatable bonds is 4. The Hall–Kier alpha value is -2.44. The van der Waals surface area contributed by atoms with Gasteiger partial charge in [0.25, 0.3) is 5.91 Å². The molecule has 1 aromatic rings. The molecule has 0 heterocycles. The molecular weight excluding hydrogens is 238 g/mol. The van der Waals surface area contributed by atoms with Crippen molar-refractivity contribution in [1.29, 1.82) is 0 Å². The molecule has 0 fully saturated rings. The number of carbonyl (C=O) groups is 2. The molecule has 18 heavy (non-hydrogen) atoms. The lowest BCUT2D eigenvalue weighted by Gasteiger charge is -2.16. The van der Waals surface area contributed by atoms with Crippen LogP contribution < -0.4 is 26.3 Å². The van der Waals surface area contributed by atoms with Gasteiger partial charge in [-0.3, -0.25) is 10.1 Å². The van der Waals surface area contributed by atoms with E-state index < -0.39 is 18.0 Å². The highest BCUT2D eigenvalue weighted by Crippen LogP contribution is 2.29. The molecule has 1 aromatic carbocycles. The number of anilines is 1. The summed E-state index contributed by atoms with van der Waals surface area (Å²) in [5.74, 6) is 0.0968. The zero-order valence-corrected chi connectivity index (χ0v) is 10.1. The van der Waals surface area contributed by atoms with Gasteiger partial charge in [0.05, 0.1) is 7.11 Å². The molecule has 7 heteroatoms. The number of primary amides is 1. The van der Waals surface area contributed by atoms with Crippen LogP contribution in [0, 0.1) is 0 Å². The van der Waals surface area contributed by atoms with Crippen LogP contribution in [0.25, 0.3) is 0 Å². The van der Waals surface area contributed by atoms with Crippen molar-refractivity contribution in [2.24, 2.45) is 5.73 Å². The third-order valence-electron chi connectivity index (χ3n) is 2.11. The van der Waals surface area contributed by atoms with Gasteiger partial charge in [-0.25, -0.2) is 4.79 Å². The first-order chi connectivity index (χ1) is 8.43. The van der Waals surface area contributed by atoms with Crippen molar-refractivity contribution in [3.8, 4) is 11.5 Å². The van der Waals surface area contributed by atoms with E-state index in [1.165, 1.54) is 20.1 Å². The monoisotopic (exact) mass is 253 g/mol. The number of nitrogens with one attached hydrogen (secondary N) is 1. The molecule has 0 bridgehead atoms. The lowest BCUT2D eigenvalue weighted by Crippen LogP contribution is -2.42. The molecule has 0 aliphatic heterocycles. The number of ether oxygens (including phenoxy) is 2. The Balaban J connectivity index is 2.80. The molecule has 1 rings (SSSR count). The molecule has 7 nitrogen and oxygen atoms in total. The minimum Gasteiger partial charge on any atom is -0.493 e. The maximum atomic E-state index is 11.4. The topological polar surface area (TPSA) is 117 Å². The zero-order chi connectivity index (χ0) is 13.7. The van der Waals surface area contributed by atoms with E-state index in [4.69, 9.17) is 20.9 Å². The second-order valence-electron chi connectivity index (χ2n) is 3.52. The Morgan fingerprint density at radius 3 is 2.56 bits per heavy atom. The van der Waals surface area contributed by atoms with E-state index in [1.807, 2.05) is 5.32 Å². The largest absolute Gasteiger partial charge is 0.493 e. The fourth-order valence-electron chi connectivity index (χ4n) is 1.25. The minimum atomic E-state index is -0.935. The van der Waals surface area contributed by atoms with E-state index in [0.717, 1.165) is 0 Å². The normalized spacial score (nSPS) is 11.4. The number of methoxy groups -OCH3 is 1. The number of nitrogens with two attached hydrogens (primary N) is 2. The van der Waals surface area contributed by atoms with E-state index in [2.05, 4.69) is 0 Å². The number of carbonyl (C=O) groups excluding carboxylic acids is 2. The predicted octanol–water partition coefficient (Wildman–Crippen LogP) is 0.240. The lowest BCUT2D eigenvalue weighted by atomic mass is 10.2. The fourth-order valence-corrected chi connectivity index (χ4v) is 1.25. The van der Waals surface area contributed by atoms with Crippen LogP contribution in [0.2, 0.25) is 0 Å². The van der Waals surface area contributed by atoms with Crippen LogP contribution >= 0.6 is 0 Å². The number of benzene rings is 1. The molecule has 3 amide bonds. The molecule has 0 radical (unpaired) electrons. The number of hydrogen-bond acceptors (Lipinski definition) is 5. The Labute approximate surface area is 104 Å². The van der Waals surface area contributed by atoms with Gasteiger partial charge in [-0.2, -0.15) is 0 Å². The van der Waals surface area contributed by atoms with E-state index >= 15 is 0 Å². The Bertz CT molecular complexity index is 462. The second kappa shape index (κ2) is 5.76. The van der Waals surface area contributed by atoms with Crippen LogP contribution in [-0.4, -0.2) is 25.2 Å². The van der Waals surface area contributed by atoms with Crippen molar-refractivity contribution < 1.29 is 19.1 Å². The third-order valence-corrected chi connectivity index (χ3v) is 2.11. The standard InChI is InChI=1S/C11H15N3O4/c1-6(10(15)14-11(13)16)18-9-5-7(12)3-4-8(9)17-2/h3-6H,12H2,1-2H3,(H3,13,14,15,16). The molecule has 5 N–H and O–H groups in total. The Morgan fingerprint density at radius 1 is 1.33 bits per heavy atom. The van der Waals surface area contributed by atoms with Gasteiger partial charge in [0.2, 0.25) is 0 Å². The average molecular weight is 253 g/mol. The Kier molecular flexibility index (Phi) is 4.36. The highest BCUT2D eigenvalue weighted by molar-refractivity contribution is 5.95. The van der Waals surface area contributed by atoms with Gasteiger partial charge >= 0.3 is 6.03 Å². The van der Waals surface area contributed by atoms with Crippen molar-refractivity contribution in [3.05, 3.63) is 18.2 Å². The van der Waals surface area contributed by atoms with Crippen molar-refractivity contribution in [2.45, 2.75) is 13.0 Å². The first-order valence-electron chi connectivity index (χ1n) is 5.14. The summed E-state index contributed by atoms with van der Waals surface area (Å²) in [6.07, 6.45) is -0.909. The van der Waals surface area contributed by atoms with Gasteiger partial charge in [0, 0.05) is 11.8 Å². The summed E-state index contributed by atoms with van der Waals surface area (Å²) in [5, 5.41) is 1.92. The summed E-state index contributed by atoms with van der Waals surface area (Å²) in [6.45, 7) is 1.47. The first kappa shape index (κ1) is 13.6. The number of hydrogen-bond donors (Lipinski definition) is 3. The molecule has 0 saturated heterocycles. The summed E-state index contributed by atoms with van der Waals surface area (Å²) in [4.78, 5) is 22.0. The van der Waals surface area contributed by atoms with Gasteiger partial charge in [-0.15, -0.1) is 0 Å². The van der Waals surface area contributed by atoms with Crippen LogP contribution in [0.3, 0.4) is 0 Å². The van der Waals surface area contributed by atoms with Crippen LogP contribution in [0.15, 0.2) is 18.2 Å². The average Bonchev–Trinajstić information content (AvgIpc) is 2.28. The summed E-state index contributed by atoms with van der Waals surface area (Å²) >= 11 is 0. The SMILES string of the molecule is COc1ccc(N)cc1OC(C)C(=O)NC(N)=O.